The summed E-state index contributed by atoms with van der Waals surface area (Å²) in [6.45, 7) is 1.27. The molecule has 0 unspecified atom stereocenters. The highest BCUT2D eigenvalue weighted by Gasteiger charge is 2.22. The molecule has 1 saturated heterocycles. The van der Waals surface area contributed by atoms with Crippen LogP contribution in [0.4, 0.5) is 0 Å². The molecule has 0 aliphatic carbocycles. The first-order valence-corrected chi connectivity index (χ1v) is 8.12. The molecule has 7 heteroatoms. The monoisotopic (exact) mass is 318 g/mol. The third-order valence-corrected chi connectivity index (χ3v) is 4.40. The van der Waals surface area contributed by atoms with Gasteiger partial charge in [-0.15, -0.1) is 12.4 Å². The number of halogens is 1. The number of piperidine rings is 1. The number of nitrogens with two attached hydrogens (primary N) is 1. The second-order valence-electron chi connectivity index (χ2n) is 4.95. The van der Waals surface area contributed by atoms with Crippen molar-refractivity contribution in [3.05, 3.63) is 29.8 Å². The van der Waals surface area contributed by atoms with Crippen LogP contribution >= 0.6 is 12.4 Å². The van der Waals surface area contributed by atoms with E-state index in [1.54, 1.807) is 17.0 Å². The smallest absolute Gasteiger partial charge is 0.253 e. The lowest BCUT2D eigenvalue weighted by atomic mass is 10.1. The molecule has 1 aliphatic rings. The number of hydrogen-bond donors (Lipinski definition) is 1. The number of carbonyl (C=O) groups excluding carboxylic acids is 1. The lowest BCUT2D eigenvalue weighted by molar-refractivity contribution is 0.0708. The van der Waals surface area contributed by atoms with Crippen molar-refractivity contribution in [2.24, 2.45) is 5.73 Å². The molecule has 1 aromatic rings. The van der Waals surface area contributed by atoms with Crippen LogP contribution in [0.25, 0.3) is 0 Å². The van der Waals surface area contributed by atoms with Crippen molar-refractivity contribution in [3.8, 4) is 0 Å². The maximum atomic E-state index is 12.2. The maximum absolute atomic E-state index is 12.2. The van der Waals surface area contributed by atoms with Crippen molar-refractivity contribution in [1.29, 1.82) is 0 Å². The van der Waals surface area contributed by atoms with Gasteiger partial charge in [-0.1, -0.05) is 0 Å². The zero-order valence-electron chi connectivity index (χ0n) is 11.3. The van der Waals surface area contributed by atoms with Gasteiger partial charge in [0.15, 0.2) is 9.84 Å². The molecule has 0 aromatic heterocycles. The SMILES string of the molecule is CS(=O)(=O)c1ccc(C(=O)N2CCC[C@@H](N)C2)cc1.Cl. The van der Waals surface area contributed by atoms with E-state index in [1.807, 2.05) is 0 Å². The number of amides is 1. The van der Waals surface area contributed by atoms with Crippen LogP contribution in [0.1, 0.15) is 23.2 Å². The number of benzene rings is 1. The second-order valence-corrected chi connectivity index (χ2v) is 6.97. The van der Waals surface area contributed by atoms with Gasteiger partial charge in [0.1, 0.15) is 0 Å². The quantitative estimate of drug-likeness (QED) is 0.884. The van der Waals surface area contributed by atoms with E-state index in [2.05, 4.69) is 0 Å². The summed E-state index contributed by atoms with van der Waals surface area (Å²) >= 11 is 0. The van der Waals surface area contributed by atoms with Gasteiger partial charge >= 0.3 is 0 Å². The number of nitrogens with zero attached hydrogens (tertiary/aromatic N) is 1. The standard InChI is InChI=1S/C13H18N2O3S.ClH/c1-19(17,18)12-6-4-10(5-7-12)13(16)15-8-2-3-11(14)9-15;/h4-7,11H,2-3,8-9,14H2,1H3;1H/t11-;/m1./s1. The van der Waals surface area contributed by atoms with Crippen LogP contribution < -0.4 is 5.73 Å². The largest absolute Gasteiger partial charge is 0.337 e. The normalized spacial score (nSPS) is 19.3. The molecule has 1 heterocycles. The van der Waals surface area contributed by atoms with Crippen LogP contribution in [0.5, 0.6) is 0 Å². The van der Waals surface area contributed by atoms with Crippen molar-refractivity contribution in [3.63, 3.8) is 0 Å². The van der Waals surface area contributed by atoms with Crippen LogP contribution in [0, 0.1) is 0 Å². The molecule has 2 N–H and O–H groups in total. The Morgan fingerprint density at radius 1 is 1.30 bits per heavy atom. The van der Waals surface area contributed by atoms with Gasteiger partial charge in [-0.3, -0.25) is 4.79 Å². The molecule has 1 aromatic carbocycles. The Labute approximate surface area is 125 Å². The van der Waals surface area contributed by atoms with Gasteiger partial charge in [0.25, 0.3) is 5.91 Å². The molecule has 0 spiro atoms. The van der Waals surface area contributed by atoms with Gasteiger partial charge in [-0.05, 0) is 37.1 Å². The molecular formula is C13H19ClN2O3S. The molecule has 1 amide bonds. The Morgan fingerprint density at radius 3 is 2.40 bits per heavy atom. The topological polar surface area (TPSA) is 80.5 Å². The summed E-state index contributed by atoms with van der Waals surface area (Å²) in [6, 6.07) is 6.07. The number of hydrogen-bond acceptors (Lipinski definition) is 4. The lowest BCUT2D eigenvalue weighted by Crippen LogP contribution is -2.45. The van der Waals surface area contributed by atoms with Gasteiger partial charge in [0, 0.05) is 31.0 Å². The first kappa shape index (κ1) is 16.9. The molecule has 5 nitrogen and oxygen atoms in total. The van der Waals surface area contributed by atoms with Gasteiger partial charge in [-0.25, -0.2) is 8.42 Å². The molecule has 1 aliphatic heterocycles. The molecule has 0 bridgehead atoms. The summed E-state index contributed by atoms with van der Waals surface area (Å²) < 4.78 is 22.7. The minimum atomic E-state index is -3.22. The summed E-state index contributed by atoms with van der Waals surface area (Å²) in [5.41, 5.74) is 6.35. The predicted molar refractivity (Wildman–Crippen MR) is 79.9 cm³/mol. The van der Waals surface area contributed by atoms with E-state index in [1.165, 1.54) is 12.1 Å². The van der Waals surface area contributed by atoms with Gasteiger partial charge in [0.2, 0.25) is 0 Å². The number of rotatable bonds is 2. The van der Waals surface area contributed by atoms with Crippen LogP contribution in [0.2, 0.25) is 0 Å². The number of sulfone groups is 1. The highest BCUT2D eigenvalue weighted by molar-refractivity contribution is 7.90. The fourth-order valence-electron chi connectivity index (χ4n) is 2.22. The minimum Gasteiger partial charge on any atom is -0.337 e. The summed E-state index contributed by atoms with van der Waals surface area (Å²) in [5, 5.41) is 0. The molecule has 112 valence electrons. The molecule has 1 fully saturated rings. The van der Waals surface area contributed by atoms with Crippen LogP contribution in [-0.2, 0) is 9.84 Å². The van der Waals surface area contributed by atoms with Crippen LogP contribution in [-0.4, -0.2) is 44.6 Å². The van der Waals surface area contributed by atoms with E-state index in [0.29, 0.717) is 18.7 Å². The summed E-state index contributed by atoms with van der Waals surface area (Å²) in [6.07, 6.45) is 3.00. The van der Waals surface area contributed by atoms with E-state index in [4.69, 9.17) is 5.73 Å². The Balaban J connectivity index is 0.00000200. The average Bonchev–Trinajstić information content (AvgIpc) is 2.37. The predicted octanol–water partition coefficient (Wildman–Crippen LogP) is 1.08. The Morgan fingerprint density at radius 2 is 1.90 bits per heavy atom. The second kappa shape index (κ2) is 6.56. The van der Waals surface area contributed by atoms with Crippen molar-refractivity contribution in [2.75, 3.05) is 19.3 Å². The van der Waals surface area contributed by atoms with Gasteiger partial charge in [-0.2, -0.15) is 0 Å². The van der Waals surface area contributed by atoms with Crippen molar-refractivity contribution in [2.45, 2.75) is 23.8 Å². The van der Waals surface area contributed by atoms with Crippen molar-refractivity contribution < 1.29 is 13.2 Å². The van der Waals surface area contributed by atoms with Crippen LogP contribution in [0.15, 0.2) is 29.2 Å². The fourth-order valence-corrected chi connectivity index (χ4v) is 2.85. The van der Waals surface area contributed by atoms with Crippen molar-refractivity contribution in [1.82, 2.24) is 4.90 Å². The Hall–Kier alpha value is -1.11. The minimum absolute atomic E-state index is 0. The van der Waals surface area contributed by atoms with E-state index < -0.39 is 9.84 Å². The first-order chi connectivity index (χ1) is 8.88. The number of likely N-dealkylation sites (tertiary alicyclic amines) is 1. The molecule has 0 radical (unpaired) electrons. The molecule has 20 heavy (non-hydrogen) atoms. The zero-order valence-corrected chi connectivity index (χ0v) is 12.9. The van der Waals surface area contributed by atoms with E-state index in [9.17, 15) is 13.2 Å². The van der Waals surface area contributed by atoms with Crippen LogP contribution in [0.3, 0.4) is 0 Å². The molecule has 0 saturated carbocycles. The maximum Gasteiger partial charge on any atom is 0.253 e. The highest BCUT2D eigenvalue weighted by atomic mass is 35.5. The Bertz CT molecular complexity index is 572. The summed E-state index contributed by atoms with van der Waals surface area (Å²) in [5.74, 6) is -0.0878. The molecular weight excluding hydrogens is 300 g/mol. The third kappa shape index (κ3) is 3.94. The fraction of sp³-hybridized carbons (Fsp3) is 0.462. The molecule has 1 atom stereocenters. The zero-order chi connectivity index (χ0) is 14.0. The third-order valence-electron chi connectivity index (χ3n) is 3.27. The summed E-state index contributed by atoms with van der Waals surface area (Å²) in [7, 11) is -3.22. The Kier molecular flexibility index (Phi) is 5.56. The van der Waals surface area contributed by atoms with Gasteiger partial charge < -0.3 is 10.6 Å². The molecule has 2 rings (SSSR count). The van der Waals surface area contributed by atoms with E-state index in [0.717, 1.165) is 19.1 Å². The first-order valence-electron chi connectivity index (χ1n) is 6.23. The highest BCUT2D eigenvalue weighted by Crippen LogP contribution is 2.15. The summed E-state index contributed by atoms with van der Waals surface area (Å²) in [4.78, 5) is 14.2. The van der Waals surface area contributed by atoms with E-state index in [-0.39, 0.29) is 29.3 Å². The van der Waals surface area contributed by atoms with Crippen molar-refractivity contribution >= 4 is 28.2 Å². The number of carbonyl (C=O) groups is 1. The van der Waals surface area contributed by atoms with E-state index >= 15 is 0 Å². The average molecular weight is 319 g/mol. The lowest BCUT2D eigenvalue weighted by Gasteiger charge is -2.30. The van der Waals surface area contributed by atoms with Gasteiger partial charge in [0.05, 0.1) is 4.90 Å².